The largest absolute Gasteiger partial charge is 0.383 e. The van der Waals surface area contributed by atoms with Crippen LogP contribution in [0.3, 0.4) is 0 Å². The van der Waals surface area contributed by atoms with E-state index in [1.165, 1.54) is 25.0 Å². The summed E-state index contributed by atoms with van der Waals surface area (Å²) in [6.07, 6.45) is 5.45. The molecule has 0 bridgehead atoms. The molecule has 2 fully saturated rings. The molecule has 6 heteroatoms. The second-order valence-corrected chi connectivity index (χ2v) is 7.49. The number of ether oxygens (including phenoxy) is 1. The Bertz CT molecular complexity index is 627. The smallest absolute Gasteiger partial charge is 0.253 e. The van der Waals surface area contributed by atoms with Gasteiger partial charge in [0.15, 0.2) is 0 Å². The molecule has 138 valence electrons. The predicted molar refractivity (Wildman–Crippen MR) is 96.6 cm³/mol. The molecule has 0 aromatic heterocycles. The second-order valence-electron chi connectivity index (χ2n) is 7.08. The van der Waals surface area contributed by atoms with Gasteiger partial charge in [-0.05, 0) is 56.8 Å². The van der Waals surface area contributed by atoms with Crippen LogP contribution in [0.4, 0.5) is 4.39 Å². The molecule has 1 spiro atoms. The van der Waals surface area contributed by atoms with Crippen LogP contribution in [0.25, 0.3) is 0 Å². The molecule has 0 unspecified atom stereocenters. The number of halogens is 2. The van der Waals surface area contributed by atoms with Crippen LogP contribution in [-0.4, -0.2) is 61.1 Å². The molecule has 0 radical (unpaired) electrons. The molecule has 2 aliphatic heterocycles. The van der Waals surface area contributed by atoms with Crippen molar-refractivity contribution in [2.75, 3.05) is 39.9 Å². The molecule has 2 saturated heterocycles. The Hall–Kier alpha value is -1.17. The quantitative estimate of drug-likeness (QED) is 0.814. The van der Waals surface area contributed by atoms with E-state index in [2.05, 4.69) is 4.90 Å². The highest BCUT2D eigenvalue weighted by Gasteiger charge is 2.41. The maximum absolute atomic E-state index is 13.7. The first-order valence-corrected chi connectivity index (χ1v) is 9.42. The van der Waals surface area contributed by atoms with Crippen molar-refractivity contribution in [1.29, 1.82) is 0 Å². The maximum atomic E-state index is 13.7. The molecule has 0 aliphatic carbocycles. The lowest BCUT2D eigenvalue weighted by molar-refractivity contribution is 0.0697. The van der Waals surface area contributed by atoms with Crippen molar-refractivity contribution in [3.05, 3.63) is 34.6 Å². The molecule has 0 saturated carbocycles. The zero-order valence-corrected chi connectivity index (χ0v) is 15.5. The Balaban J connectivity index is 1.68. The average molecular weight is 369 g/mol. The van der Waals surface area contributed by atoms with E-state index in [1.54, 1.807) is 13.2 Å². The summed E-state index contributed by atoms with van der Waals surface area (Å²) >= 11 is 5.72. The predicted octanol–water partition coefficient (Wildman–Crippen LogP) is 3.59. The number of methoxy groups -OCH3 is 1. The lowest BCUT2D eigenvalue weighted by atomic mass is 9.88. The van der Waals surface area contributed by atoms with E-state index in [4.69, 9.17) is 16.3 Å². The van der Waals surface area contributed by atoms with E-state index in [0.717, 1.165) is 45.5 Å². The van der Waals surface area contributed by atoms with Crippen molar-refractivity contribution in [1.82, 2.24) is 9.80 Å². The Kier molecular flexibility index (Phi) is 5.97. The SMILES string of the molecule is COCCN1CCC[C@]12CCCN(C(=O)c1ccc(Cl)c(F)c1)CC2. The third-order valence-electron chi connectivity index (χ3n) is 5.68. The standard InChI is InChI=1S/C19H26ClFN2O2/c1-25-13-12-23-10-3-7-19(23)6-2-9-22(11-8-19)18(24)15-4-5-16(20)17(21)14-15/h4-5,14H,2-3,6-13H2,1H3/t19-/m0/s1. The van der Waals surface area contributed by atoms with Gasteiger partial charge in [-0.1, -0.05) is 11.6 Å². The van der Waals surface area contributed by atoms with Gasteiger partial charge in [-0.2, -0.15) is 0 Å². The zero-order chi connectivity index (χ0) is 17.9. The van der Waals surface area contributed by atoms with E-state index in [1.807, 2.05) is 4.90 Å². The summed E-state index contributed by atoms with van der Waals surface area (Å²) in [6, 6.07) is 4.30. The van der Waals surface area contributed by atoms with Gasteiger partial charge in [0.1, 0.15) is 5.82 Å². The minimum atomic E-state index is -0.541. The maximum Gasteiger partial charge on any atom is 0.253 e. The highest BCUT2D eigenvalue weighted by atomic mass is 35.5. The monoisotopic (exact) mass is 368 g/mol. The molecule has 1 aromatic rings. The minimum absolute atomic E-state index is 0.0473. The molecule has 0 N–H and O–H groups in total. The number of nitrogens with zero attached hydrogens (tertiary/aromatic N) is 2. The third-order valence-corrected chi connectivity index (χ3v) is 5.98. The van der Waals surface area contributed by atoms with Crippen LogP contribution in [0.1, 0.15) is 42.5 Å². The van der Waals surface area contributed by atoms with Crippen LogP contribution < -0.4 is 0 Å². The molecule has 2 heterocycles. The topological polar surface area (TPSA) is 32.8 Å². The van der Waals surface area contributed by atoms with Crippen molar-refractivity contribution < 1.29 is 13.9 Å². The lowest BCUT2D eigenvalue weighted by Gasteiger charge is -2.38. The van der Waals surface area contributed by atoms with Crippen LogP contribution >= 0.6 is 11.6 Å². The van der Waals surface area contributed by atoms with Crippen molar-refractivity contribution >= 4 is 17.5 Å². The normalized spacial score (nSPS) is 24.7. The number of carbonyl (C=O) groups is 1. The Morgan fingerprint density at radius 3 is 2.72 bits per heavy atom. The van der Waals surface area contributed by atoms with Gasteiger partial charge < -0.3 is 9.64 Å². The van der Waals surface area contributed by atoms with Crippen LogP contribution in [0.5, 0.6) is 0 Å². The number of amides is 1. The van der Waals surface area contributed by atoms with E-state index < -0.39 is 5.82 Å². The summed E-state index contributed by atoms with van der Waals surface area (Å²) in [6.45, 7) is 4.25. The molecule has 25 heavy (non-hydrogen) atoms. The number of benzene rings is 1. The van der Waals surface area contributed by atoms with Gasteiger partial charge in [0.25, 0.3) is 5.91 Å². The van der Waals surface area contributed by atoms with Gasteiger partial charge in [0, 0.05) is 37.8 Å². The Labute approximate surface area is 153 Å². The fourth-order valence-electron chi connectivity index (χ4n) is 4.30. The van der Waals surface area contributed by atoms with E-state index in [0.29, 0.717) is 12.1 Å². The summed E-state index contributed by atoms with van der Waals surface area (Å²) < 4.78 is 18.9. The molecule has 4 nitrogen and oxygen atoms in total. The summed E-state index contributed by atoms with van der Waals surface area (Å²) in [5.74, 6) is -0.644. The fraction of sp³-hybridized carbons (Fsp3) is 0.632. The molecule has 1 aromatic carbocycles. The first-order valence-electron chi connectivity index (χ1n) is 9.04. The van der Waals surface area contributed by atoms with Crippen molar-refractivity contribution in [3.63, 3.8) is 0 Å². The van der Waals surface area contributed by atoms with Crippen LogP contribution in [0.2, 0.25) is 5.02 Å². The zero-order valence-electron chi connectivity index (χ0n) is 14.8. The number of hydrogen-bond donors (Lipinski definition) is 0. The van der Waals surface area contributed by atoms with Crippen LogP contribution in [0, 0.1) is 5.82 Å². The van der Waals surface area contributed by atoms with Crippen LogP contribution in [0.15, 0.2) is 18.2 Å². The van der Waals surface area contributed by atoms with Gasteiger partial charge in [0.2, 0.25) is 0 Å². The summed E-state index contributed by atoms with van der Waals surface area (Å²) in [5.41, 5.74) is 0.569. The number of likely N-dealkylation sites (tertiary alicyclic amines) is 2. The fourth-order valence-corrected chi connectivity index (χ4v) is 4.42. The van der Waals surface area contributed by atoms with Gasteiger partial charge in [-0.25, -0.2) is 4.39 Å². The van der Waals surface area contributed by atoms with Gasteiger partial charge in [-0.3, -0.25) is 9.69 Å². The Morgan fingerprint density at radius 1 is 1.24 bits per heavy atom. The molecule has 1 amide bonds. The number of carbonyl (C=O) groups excluding carboxylic acids is 1. The highest BCUT2D eigenvalue weighted by molar-refractivity contribution is 6.30. The third kappa shape index (κ3) is 3.99. The van der Waals surface area contributed by atoms with Gasteiger partial charge in [0.05, 0.1) is 11.6 Å². The lowest BCUT2D eigenvalue weighted by Crippen LogP contribution is -2.46. The number of hydrogen-bond acceptors (Lipinski definition) is 3. The molecule has 1 atom stereocenters. The average Bonchev–Trinajstić information content (AvgIpc) is 2.86. The molecular formula is C19H26ClFN2O2. The summed E-state index contributed by atoms with van der Waals surface area (Å²) in [7, 11) is 1.74. The van der Waals surface area contributed by atoms with E-state index in [9.17, 15) is 9.18 Å². The molecule has 2 aliphatic rings. The van der Waals surface area contributed by atoms with Crippen molar-refractivity contribution in [2.45, 2.75) is 37.6 Å². The van der Waals surface area contributed by atoms with Crippen LogP contribution in [-0.2, 0) is 4.74 Å². The van der Waals surface area contributed by atoms with Crippen molar-refractivity contribution in [3.8, 4) is 0 Å². The van der Waals surface area contributed by atoms with Crippen molar-refractivity contribution in [2.24, 2.45) is 0 Å². The highest BCUT2D eigenvalue weighted by Crippen LogP contribution is 2.38. The Morgan fingerprint density at radius 2 is 2.00 bits per heavy atom. The first-order chi connectivity index (χ1) is 12.1. The molecular weight excluding hydrogens is 343 g/mol. The van der Waals surface area contributed by atoms with Gasteiger partial charge >= 0.3 is 0 Å². The number of rotatable bonds is 4. The summed E-state index contributed by atoms with van der Waals surface area (Å²) in [5, 5.41) is 0.0473. The second kappa shape index (κ2) is 8.02. The summed E-state index contributed by atoms with van der Waals surface area (Å²) in [4.78, 5) is 17.2. The van der Waals surface area contributed by atoms with E-state index in [-0.39, 0.29) is 16.5 Å². The first kappa shape index (κ1) is 18.6. The molecule has 3 rings (SSSR count). The minimum Gasteiger partial charge on any atom is -0.383 e. The van der Waals surface area contributed by atoms with E-state index >= 15 is 0 Å². The van der Waals surface area contributed by atoms with Gasteiger partial charge in [-0.15, -0.1) is 0 Å².